The average Bonchev–Trinajstić information content (AvgIpc) is 2.45. The number of hydrogen-bond acceptors (Lipinski definition) is 2. The smallest absolute Gasteiger partial charge is 0.225 e. The van der Waals surface area contributed by atoms with Crippen LogP contribution in [0.5, 0.6) is 0 Å². The summed E-state index contributed by atoms with van der Waals surface area (Å²) in [5.41, 5.74) is 0.956. The molecule has 0 radical (unpaired) electrons. The molecule has 1 aromatic carbocycles. The molecule has 1 atom stereocenters. The topological polar surface area (TPSA) is 52.9 Å². The molecule has 0 aromatic heterocycles. The Morgan fingerprint density at radius 2 is 2.15 bits per heavy atom. The van der Waals surface area contributed by atoms with Gasteiger partial charge in [-0.05, 0) is 36.5 Å². The summed E-state index contributed by atoms with van der Waals surface area (Å²) in [5, 5.41) is 12.2. The summed E-state index contributed by atoms with van der Waals surface area (Å²) in [5.74, 6) is 0.250. The second kappa shape index (κ2) is 7.44. The van der Waals surface area contributed by atoms with Crippen molar-refractivity contribution in [1.82, 2.24) is 5.32 Å². The second-order valence-electron chi connectivity index (χ2n) is 5.38. The zero-order valence-corrected chi connectivity index (χ0v) is 13.0. The van der Waals surface area contributed by atoms with E-state index in [4.69, 9.17) is 0 Å². The largest absolute Gasteiger partial charge is 0.340 e. The van der Waals surface area contributed by atoms with Gasteiger partial charge in [-0.1, -0.05) is 47.3 Å². The number of nitrogens with zero attached hydrogens (tertiary/aromatic N) is 1. The van der Waals surface area contributed by atoms with Gasteiger partial charge in [-0.15, -0.1) is 0 Å². The molecule has 20 heavy (non-hydrogen) atoms. The van der Waals surface area contributed by atoms with E-state index >= 15 is 0 Å². The van der Waals surface area contributed by atoms with E-state index in [0.29, 0.717) is 12.3 Å². The van der Waals surface area contributed by atoms with Crippen molar-refractivity contribution in [2.45, 2.75) is 44.6 Å². The van der Waals surface area contributed by atoms with Crippen molar-refractivity contribution in [1.29, 1.82) is 5.26 Å². The van der Waals surface area contributed by atoms with Crippen LogP contribution >= 0.6 is 15.9 Å². The third kappa shape index (κ3) is 4.35. The van der Waals surface area contributed by atoms with Crippen molar-refractivity contribution in [2.75, 3.05) is 0 Å². The van der Waals surface area contributed by atoms with Crippen LogP contribution in [0.2, 0.25) is 0 Å². The molecule has 1 aliphatic carbocycles. The van der Waals surface area contributed by atoms with Crippen molar-refractivity contribution >= 4 is 21.8 Å². The van der Waals surface area contributed by atoms with Crippen LogP contribution in [0.4, 0.5) is 0 Å². The number of nitriles is 1. The van der Waals surface area contributed by atoms with Crippen molar-refractivity contribution in [3.8, 4) is 6.07 Å². The molecule has 2 rings (SSSR count). The molecule has 0 bridgehead atoms. The van der Waals surface area contributed by atoms with Gasteiger partial charge >= 0.3 is 0 Å². The molecular formula is C16H19BrN2O. The maximum Gasteiger partial charge on any atom is 0.225 e. The van der Waals surface area contributed by atoms with Gasteiger partial charge in [0.2, 0.25) is 5.91 Å². The first-order valence-electron chi connectivity index (χ1n) is 7.12. The van der Waals surface area contributed by atoms with Gasteiger partial charge < -0.3 is 5.32 Å². The Kier molecular flexibility index (Phi) is 5.60. The van der Waals surface area contributed by atoms with E-state index in [1.54, 1.807) is 0 Å². The maximum atomic E-state index is 12.1. The summed E-state index contributed by atoms with van der Waals surface area (Å²) < 4.78 is 0.965. The maximum absolute atomic E-state index is 12.1. The van der Waals surface area contributed by atoms with Crippen molar-refractivity contribution in [3.63, 3.8) is 0 Å². The molecule has 1 saturated carbocycles. The predicted octanol–water partition coefficient (Wildman–Crippen LogP) is 3.58. The average molecular weight is 335 g/mol. The summed E-state index contributed by atoms with van der Waals surface area (Å²) in [6.45, 7) is 0. The van der Waals surface area contributed by atoms with Crippen LogP contribution in [0.3, 0.4) is 0 Å². The van der Waals surface area contributed by atoms with Gasteiger partial charge in [-0.3, -0.25) is 4.79 Å². The molecule has 0 spiro atoms. The van der Waals surface area contributed by atoms with Crippen molar-refractivity contribution in [3.05, 3.63) is 34.3 Å². The summed E-state index contributed by atoms with van der Waals surface area (Å²) >= 11 is 3.40. The molecule has 0 saturated heterocycles. The van der Waals surface area contributed by atoms with E-state index in [-0.39, 0.29) is 11.9 Å². The minimum absolute atomic E-state index is 0.0692. The van der Waals surface area contributed by atoms with Crippen LogP contribution in [-0.2, 0) is 11.2 Å². The van der Waals surface area contributed by atoms with Gasteiger partial charge in [-0.25, -0.2) is 0 Å². The number of carbonyl (C=O) groups excluding carboxylic acids is 1. The molecule has 4 heteroatoms. The zero-order valence-electron chi connectivity index (χ0n) is 11.4. The van der Waals surface area contributed by atoms with Gasteiger partial charge in [0.05, 0.1) is 12.5 Å². The minimum Gasteiger partial charge on any atom is -0.340 e. The minimum atomic E-state index is -0.338. The van der Waals surface area contributed by atoms with E-state index in [1.807, 2.05) is 24.3 Å². The van der Waals surface area contributed by atoms with Crippen LogP contribution in [0.25, 0.3) is 0 Å². The highest BCUT2D eigenvalue weighted by Gasteiger charge is 2.24. The summed E-state index contributed by atoms with van der Waals surface area (Å²) in [4.78, 5) is 12.1. The van der Waals surface area contributed by atoms with Crippen LogP contribution in [0.15, 0.2) is 28.7 Å². The van der Waals surface area contributed by atoms with E-state index in [0.717, 1.165) is 22.9 Å². The first-order chi connectivity index (χ1) is 9.69. The Bertz CT molecular complexity index is 503. The van der Waals surface area contributed by atoms with Gasteiger partial charge in [0.1, 0.15) is 6.04 Å². The normalized spacial score (nSPS) is 17.2. The molecule has 1 aliphatic rings. The monoisotopic (exact) mass is 334 g/mol. The second-order valence-corrected chi connectivity index (χ2v) is 6.29. The molecule has 0 aliphatic heterocycles. The first-order valence-corrected chi connectivity index (χ1v) is 7.92. The molecule has 3 nitrogen and oxygen atoms in total. The third-order valence-electron chi connectivity index (χ3n) is 3.83. The van der Waals surface area contributed by atoms with Gasteiger partial charge in [0, 0.05) is 4.47 Å². The molecule has 1 aromatic rings. The molecule has 106 valence electrons. The van der Waals surface area contributed by atoms with Crippen LogP contribution in [0, 0.1) is 17.2 Å². The Balaban J connectivity index is 1.90. The molecule has 0 heterocycles. The molecule has 1 fully saturated rings. The van der Waals surface area contributed by atoms with E-state index in [9.17, 15) is 10.1 Å². The standard InChI is InChI=1S/C16H19BrN2O/c17-14-8-4-5-12(9-14)10-16(20)19-15(11-18)13-6-2-1-3-7-13/h4-5,8-9,13,15H,1-3,6-7,10H2,(H,19,20). The SMILES string of the molecule is N#CC(NC(=O)Cc1cccc(Br)c1)C1CCCCC1. The number of hydrogen-bond donors (Lipinski definition) is 1. The fourth-order valence-corrected chi connectivity index (χ4v) is 3.23. The lowest BCUT2D eigenvalue weighted by atomic mass is 9.84. The summed E-state index contributed by atoms with van der Waals surface area (Å²) in [7, 11) is 0. The molecule has 1 N–H and O–H groups in total. The molecule has 1 amide bonds. The zero-order chi connectivity index (χ0) is 14.4. The van der Waals surface area contributed by atoms with Crippen molar-refractivity contribution in [2.24, 2.45) is 5.92 Å². The van der Waals surface area contributed by atoms with Gasteiger partial charge in [0.25, 0.3) is 0 Å². The van der Waals surface area contributed by atoms with E-state index in [1.165, 1.54) is 19.3 Å². The van der Waals surface area contributed by atoms with Crippen LogP contribution in [-0.4, -0.2) is 11.9 Å². The van der Waals surface area contributed by atoms with Gasteiger partial charge in [-0.2, -0.15) is 5.26 Å². The van der Waals surface area contributed by atoms with Crippen LogP contribution in [0.1, 0.15) is 37.7 Å². The number of carbonyl (C=O) groups is 1. The van der Waals surface area contributed by atoms with Crippen molar-refractivity contribution < 1.29 is 4.79 Å². The Morgan fingerprint density at radius 1 is 1.40 bits per heavy atom. The molecular weight excluding hydrogens is 316 g/mol. The van der Waals surface area contributed by atoms with E-state index in [2.05, 4.69) is 27.3 Å². The lowest BCUT2D eigenvalue weighted by Gasteiger charge is -2.26. The van der Waals surface area contributed by atoms with E-state index < -0.39 is 0 Å². The summed E-state index contributed by atoms with van der Waals surface area (Å²) in [6, 6.07) is 9.62. The van der Waals surface area contributed by atoms with Gasteiger partial charge in [0.15, 0.2) is 0 Å². The Hall–Kier alpha value is -1.34. The quantitative estimate of drug-likeness (QED) is 0.914. The Labute approximate surface area is 128 Å². The lowest BCUT2D eigenvalue weighted by molar-refractivity contribution is -0.121. The summed E-state index contributed by atoms with van der Waals surface area (Å²) in [6.07, 6.45) is 6.02. The number of amides is 1. The third-order valence-corrected chi connectivity index (χ3v) is 4.32. The highest BCUT2D eigenvalue weighted by molar-refractivity contribution is 9.10. The highest BCUT2D eigenvalue weighted by Crippen LogP contribution is 2.26. The number of nitrogens with one attached hydrogen (secondary N) is 1. The Morgan fingerprint density at radius 3 is 2.80 bits per heavy atom. The van der Waals surface area contributed by atoms with Crippen LogP contribution < -0.4 is 5.32 Å². The highest BCUT2D eigenvalue weighted by atomic mass is 79.9. The fourth-order valence-electron chi connectivity index (χ4n) is 2.78. The number of halogens is 1. The molecule has 1 unspecified atom stereocenters. The lowest BCUT2D eigenvalue weighted by Crippen LogP contribution is -2.40. The predicted molar refractivity (Wildman–Crippen MR) is 82.0 cm³/mol. The fraction of sp³-hybridized carbons (Fsp3) is 0.500. The first kappa shape index (κ1) is 15.1. The number of rotatable bonds is 4. The number of benzene rings is 1.